The Kier molecular flexibility index (Phi) is 4.35. The summed E-state index contributed by atoms with van der Waals surface area (Å²) in [6, 6.07) is 16.1. The van der Waals surface area contributed by atoms with Crippen LogP contribution in [0.2, 0.25) is 5.15 Å². The van der Waals surface area contributed by atoms with Crippen molar-refractivity contribution in [3.05, 3.63) is 76.4 Å². The van der Waals surface area contributed by atoms with Gasteiger partial charge in [0.25, 0.3) is 5.91 Å². The van der Waals surface area contributed by atoms with Gasteiger partial charge in [-0.05, 0) is 37.1 Å². The van der Waals surface area contributed by atoms with Gasteiger partial charge in [-0.1, -0.05) is 54.1 Å². The summed E-state index contributed by atoms with van der Waals surface area (Å²) in [5.41, 5.74) is 1.89. The smallest absolute Gasteiger partial charge is 0.318 e. The zero-order chi connectivity index (χ0) is 19.9. The van der Waals surface area contributed by atoms with Gasteiger partial charge in [-0.25, -0.2) is 9.78 Å². The minimum Gasteiger partial charge on any atom is -0.318 e. The molecule has 0 unspecified atom stereocenters. The van der Waals surface area contributed by atoms with Crippen molar-refractivity contribution in [2.75, 3.05) is 0 Å². The lowest BCUT2D eigenvalue weighted by Crippen LogP contribution is -2.40. The maximum absolute atomic E-state index is 12.9. The van der Waals surface area contributed by atoms with E-state index in [4.69, 9.17) is 11.6 Å². The summed E-state index contributed by atoms with van der Waals surface area (Å²) >= 11 is 6.26. The number of hydrogen-bond donors (Lipinski definition) is 1. The van der Waals surface area contributed by atoms with Crippen molar-refractivity contribution in [1.29, 1.82) is 0 Å². The molecule has 1 aliphatic heterocycles. The number of nitrogens with zero attached hydrogens (tertiary/aromatic N) is 3. The van der Waals surface area contributed by atoms with Crippen LogP contribution >= 0.6 is 11.6 Å². The highest BCUT2D eigenvalue weighted by Gasteiger charge is 2.49. The third-order valence-electron chi connectivity index (χ3n) is 4.79. The van der Waals surface area contributed by atoms with Crippen molar-refractivity contribution in [2.24, 2.45) is 5.10 Å². The molecule has 7 heteroatoms. The van der Waals surface area contributed by atoms with Gasteiger partial charge in [-0.2, -0.15) is 5.10 Å². The van der Waals surface area contributed by atoms with E-state index < -0.39 is 17.5 Å². The van der Waals surface area contributed by atoms with Crippen LogP contribution in [0.5, 0.6) is 0 Å². The number of halogens is 1. The summed E-state index contributed by atoms with van der Waals surface area (Å²) in [7, 11) is 0. The minimum atomic E-state index is -1.17. The maximum atomic E-state index is 12.9. The maximum Gasteiger partial charge on any atom is 0.346 e. The van der Waals surface area contributed by atoms with E-state index in [1.165, 1.54) is 6.21 Å². The lowest BCUT2D eigenvalue weighted by molar-refractivity contribution is -0.131. The molecule has 0 spiro atoms. The molecule has 0 aliphatic carbocycles. The molecule has 0 bridgehead atoms. The van der Waals surface area contributed by atoms with E-state index in [9.17, 15) is 9.59 Å². The molecule has 1 fully saturated rings. The van der Waals surface area contributed by atoms with Crippen molar-refractivity contribution in [3.63, 3.8) is 0 Å². The molecule has 1 aliphatic rings. The highest BCUT2D eigenvalue weighted by molar-refractivity contribution is 6.32. The Morgan fingerprint density at radius 1 is 1.14 bits per heavy atom. The van der Waals surface area contributed by atoms with Gasteiger partial charge in [0.15, 0.2) is 0 Å². The standard InChI is InChI=1S/C21H17ClN4O2/c1-13-8-9-14-11-15(18(22)24-17(14)10-13)12-23-26-19(27)21(2,25-20(26)28)16-6-4-3-5-7-16/h3-12H,1-2H3,(H,25,28)/b23-12-/t21-/m0/s1. The lowest BCUT2D eigenvalue weighted by atomic mass is 9.92. The average Bonchev–Trinajstić information content (AvgIpc) is 2.90. The second-order valence-corrected chi connectivity index (χ2v) is 7.21. The molecule has 6 nitrogen and oxygen atoms in total. The second-order valence-electron chi connectivity index (χ2n) is 6.85. The lowest BCUT2D eigenvalue weighted by Gasteiger charge is -2.20. The van der Waals surface area contributed by atoms with Crippen molar-refractivity contribution in [1.82, 2.24) is 15.3 Å². The van der Waals surface area contributed by atoms with Crippen LogP contribution in [-0.4, -0.2) is 28.1 Å². The topological polar surface area (TPSA) is 74.7 Å². The fraction of sp³-hybridized carbons (Fsp3) is 0.143. The largest absolute Gasteiger partial charge is 0.346 e. The summed E-state index contributed by atoms with van der Waals surface area (Å²) < 4.78 is 0. The Labute approximate surface area is 166 Å². The van der Waals surface area contributed by atoms with Gasteiger partial charge in [0.2, 0.25) is 0 Å². The molecule has 140 valence electrons. The number of pyridine rings is 1. The van der Waals surface area contributed by atoms with Crippen LogP contribution in [0.25, 0.3) is 10.9 Å². The Hall–Kier alpha value is -3.25. The third-order valence-corrected chi connectivity index (χ3v) is 5.09. The molecular formula is C21H17ClN4O2. The first-order valence-corrected chi connectivity index (χ1v) is 9.09. The monoisotopic (exact) mass is 392 g/mol. The molecular weight excluding hydrogens is 376 g/mol. The number of aromatic nitrogens is 1. The Bertz CT molecular complexity index is 1130. The summed E-state index contributed by atoms with van der Waals surface area (Å²) in [4.78, 5) is 29.6. The zero-order valence-electron chi connectivity index (χ0n) is 15.3. The fourth-order valence-electron chi connectivity index (χ4n) is 3.18. The van der Waals surface area contributed by atoms with Crippen LogP contribution in [0.3, 0.4) is 0 Å². The van der Waals surface area contributed by atoms with Crippen LogP contribution < -0.4 is 5.32 Å². The van der Waals surface area contributed by atoms with Crippen molar-refractivity contribution >= 4 is 40.7 Å². The number of amides is 3. The molecule has 28 heavy (non-hydrogen) atoms. The number of rotatable bonds is 3. The molecule has 1 aromatic heterocycles. The molecule has 2 heterocycles. The van der Waals surface area contributed by atoms with Crippen molar-refractivity contribution in [2.45, 2.75) is 19.4 Å². The Morgan fingerprint density at radius 2 is 1.89 bits per heavy atom. The van der Waals surface area contributed by atoms with E-state index in [1.54, 1.807) is 19.1 Å². The average molecular weight is 393 g/mol. The van der Waals surface area contributed by atoms with Crippen LogP contribution in [0.1, 0.15) is 23.6 Å². The molecule has 2 aromatic carbocycles. The van der Waals surface area contributed by atoms with Gasteiger partial charge in [0.1, 0.15) is 10.7 Å². The van der Waals surface area contributed by atoms with E-state index in [2.05, 4.69) is 15.4 Å². The number of urea groups is 1. The van der Waals surface area contributed by atoms with E-state index in [0.717, 1.165) is 21.5 Å². The highest BCUT2D eigenvalue weighted by atomic mass is 35.5. The first-order valence-electron chi connectivity index (χ1n) is 8.71. The van der Waals surface area contributed by atoms with Crippen molar-refractivity contribution in [3.8, 4) is 0 Å². The molecule has 1 saturated heterocycles. The van der Waals surface area contributed by atoms with Gasteiger partial charge in [0.05, 0.1) is 11.7 Å². The van der Waals surface area contributed by atoms with Gasteiger partial charge in [0, 0.05) is 10.9 Å². The molecule has 1 atom stereocenters. The van der Waals surface area contributed by atoms with Gasteiger partial charge < -0.3 is 5.32 Å². The number of fused-ring (bicyclic) bond motifs is 1. The summed E-state index contributed by atoms with van der Waals surface area (Å²) in [5.74, 6) is -0.458. The van der Waals surface area contributed by atoms with Crippen LogP contribution in [0.4, 0.5) is 4.79 Å². The van der Waals surface area contributed by atoms with Gasteiger partial charge in [-0.15, -0.1) is 5.01 Å². The van der Waals surface area contributed by atoms with Crippen LogP contribution in [-0.2, 0) is 10.3 Å². The molecule has 0 radical (unpaired) electrons. The number of hydrazone groups is 1. The predicted octanol–water partition coefficient (Wildman–Crippen LogP) is 4.00. The van der Waals surface area contributed by atoms with Gasteiger partial charge >= 0.3 is 6.03 Å². The number of benzene rings is 2. The molecule has 0 saturated carbocycles. The highest BCUT2D eigenvalue weighted by Crippen LogP contribution is 2.29. The zero-order valence-corrected chi connectivity index (χ0v) is 16.1. The number of carbonyl (C=O) groups excluding carboxylic acids is 2. The molecule has 1 N–H and O–H groups in total. The van der Waals surface area contributed by atoms with Gasteiger partial charge in [-0.3, -0.25) is 4.79 Å². The van der Waals surface area contributed by atoms with E-state index >= 15 is 0 Å². The first kappa shape index (κ1) is 18.1. The fourth-order valence-corrected chi connectivity index (χ4v) is 3.37. The summed E-state index contributed by atoms with van der Waals surface area (Å²) in [5, 5.41) is 8.76. The molecule has 3 aromatic rings. The quantitative estimate of drug-likeness (QED) is 0.416. The number of nitrogens with one attached hydrogen (secondary N) is 1. The summed E-state index contributed by atoms with van der Waals surface area (Å²) in [6.07, 6.45) is 1.38. The van der Waals surface area contributed by atoms with E-state index in [0.29, 0.717) is 11.1 Å². The number of imide groups is 1. The van der Waals surface area contributed by atoms with Crippen molar-refractivity contribution < 1.29 is 9.59 Å². The third kappa shape index (κ3) is 3.01. The van der Waals surface area contributed by atoms with Crippen LogP contribution in [0, 0.1) is 6.92 Å². The van der Waals surface area contributed by atoms with E-state index in [-0.39, 0.29) is 5.15 Å². The Balaban J connectivity index is 1.66. The predicted molar refractivity (Wildman–Crippen MR) is 108 cm³/mol. The second kappa shape index (κ2) is 6.73. The normalized spacial score (nSPS) is 19.6. The van der Waals surface area contributed by atoms with Crippen LogP contribution in [0.15, 0.2) is 59.7 Å². The number of aryl methyl sites for hydroxylation is 1. The number of hydrogen-bond acceptors (Lipinski definition) is 4. The minimum absolute atomic E-state index is 0.250. The molecule has 4 rings (SSSR count). The van der Waals surface area contributed by atoms with E-state index in [1.807, 2.05) is 49.4 Å². The SMILES string of the molecule is Cc1ccc2cc(/C=N\N3C(=O)N[C@@](C)(c4ccccc4)C3=O)c(Cl)nc2c1. The number of carbonyl (C=O) groups is 2. The summed E-state index contributed by atoms with van der Waals surface area (Å²) in [6.45, 7) is 3.64. The first-order chi connectivity index (χ1) is 13.4. The Morgan fingerprint density at radius 3 is 2.64 bits per heavy atom. The molecule has 3 amide bonds.